The molecule has 0 aromatic heterocycles. The van der Waals surface area contributed by atoms with Gasteiger partial charge in [0.25, 0.3) is 0 Å². The monoisotopic (exact) mass is 336 g/mol. The number of benzene rings is 1. The average molecular weight is 337 g/mol. The molecule has 0 saturated heterocycles. The van der Waals surface area contributed by atoms with E-state index in [-0.39, 0.29) is 5.75 Å². The zero-order chi connectivity index (χ0) is 13.6. The van der Waals surface area contributed by atoms with Gasteiger partial charge in [-0.3, -0.25) is 0 Å². The Morgan fingerprint density at radius 3 is 2.67 bits per heavy atom. The number of sulfonamides is 1. The molecule has 0 amide bonds. The Morgan fingerprint density at radius 1 is 1.39 bits per heavy atom. The molecule has 0 aliphatic carbocycles. The molecular formula is C11H17BrN2O3S. The van der Waals surface area contributed by atoms with Crippen LogP contribution in [-0.4, -0.2) is 34.9 Å². The van der Waals surface area contributed by atoms with Gasteiger partial charge < -0.3 is 10.1 Å². The highest BCUT2D eigenvalue weighted by molar-refractivity contribution is 9.10. The summed E-state index contributed by atoms with van der Waals surface area (Å²) in [6.07, 6.45) is 0. The van der Waals surface area contributed by atoms with Crippen molar-refractivity contribution in [1.29, 1.82) is 0 Å². The lowest BCUT2D eigenvalue weighted by Gasteiger charge is -2.08. The van der Waals surface area contributed by atoms with Crippen LogP contribution in [0.3, 0.4) is 0 Å². The van der Waals surface area contributed by atoms with E-state index < -0.39 is 10.0 Å². The number of nitrogens with one attached hydrogen (secondary N) is 2. The minimum atomic E-state index is -3.13. The molecule has 0 heterocycles. The maximum Gasteiger partial charge on any atom is 0.212 e. The van der Waals surface area contributed by atoms with E-state index in [9.17, 15) is 8.42 Å². The molecule has 1 aromatic rings. The van der Waals surface area contributed by atoms with Crippen LogP contribution < -0.4 is 14.8 Å². The lowest BCUT2D eigenvalue weighted by atomic mass is 10.2. The van der Waals surface area contributed by atoms with Crippen molar-refractivity contribution in [3.05, 3.63) is 28.2 Å². The molecule has 0 aliphatic rings. The molecule has 1 rings (SSSR count). The van der Waals surface area contributed by atoms with Crippen molar-refractivity contribution in [2.45, 2.75) is 6.54 Å². The molecule has 2 N–H and O–H groups in total. The third-order valence-corrected chi connectivity index (χ3v) is 4.39. The van der Waals surface area contributed by atoms with Crippen molar-refractivity contribution in [1.82, 2.24) is 10.0 Å². The van der Waals surface area contributed by atoms with Gasteiger partial charge in [0.2, 0.25) is 10.0 Å². The Kier molecular flexibility index (Phi) is 6.07. The fraction of sp³-hybridized carbons (Fsp3) is 0.455. The highest BCUT2D eigenvalue weighted by Crippen LogP contribution is 2.25. The molecule has 0 saturated carbocycles. The lowest BCUT2D eigenvalue weighted by Crippen LogP contribution is -2.29. The van der Waals surface area contributed by atoms with Gasteiger partial charge in [0.15, 0.2) is 0 Å². The third-order valence-electron chi connectivity index (χ3n) is 2.40. The molecule has 18 heavy (non-hydrogen) atoms. The van der Waals surface area contributed by atoms with Crippen molar-refractivity contribution < 1.29 is 13.2 Å². The van der Waals surface area contributed by atoms with Crippen molar-refractivity contribution in [2.24, 2.45) is 0 Å². The average Bonchev–Trinajstić information content (AvgIpc) is 2.35. The van der Waals surface area contributed by atoms with Crippen LogP contribution >= 0.6 is 15.9 Å². The highest BCUT2D eigenvalue weighted by Gasteiger charge is 2.06. The van der Waals surface area contributed by atoms with Gasteiger partial charge in [0, 0.05) is 13.1 Å². The van der Waals surface area contributed by atoms with Crippen molar-refractivity contribution in [3.8, 4) is 5.75 Å². The van der Waals surface area contributed by atoms with E-state index in [0.717, 1.165) is 15.8 Å². The molecule has 0 spiro atoms. The van der Waals surface area contributed by atoms with Crippen molar-refractivity contribution >= 4 is 26.0 Å². The number of hydrogen-bond acceptors (Lipinski definition) is 4. The Labute approximate surface area is 116 Å². The molecule has 0 bridgehead atoms. The van der Waals surface area contributed by atoms with Gasteiger partial charge in [0.1, 0.15) is 5.75 Å². The molecule has 0 atom stereocenters. The Hall–Kier alpha value is -0.630. The fourth-order valence-electron chi connectivity index (χ4n) is 1.36. The molecule has 1 aromatic carbocycles. The summed E-state index contributed by atoms with van der Waals surface area (Å²) in [4.78, 5) is 0. The molecule has 0 fully saturated rings. The molecule has 102 valence electrons. The van der Waals surface area contributed by atoms with E-state index in [1.807, 2.05) is 18.2 Å². The van der Waals surface area contributed by atoms with Crippen molar-refractivity contribution in [2.75, 3.05) is 26.5 Å². The largest absolute Gasteiger partial charge is 0.496 e. The quantitative estimate of drug-likeness (QED) is 0.731. The van der Waals surface area contributed by atoms with Crippen LogP contribution in [0, 0.1) is 0 Å². The van der Waals surface area contributed by atoms with Gasteiger partial charge in [-0.25, -0.2) is 13.1 Å². The molecule has 0 aliphatic heterocycles. The van der Waals surface area contributed by atoms with Crippen LogP contribution in [-0.2, 0) is 16.6 Å². The number of ether oxygens (including phenoxy) is 1. The Balaban J connectivity index is 2.43. The van der Waals surface area contributed by atoms with E-state index in [2.05, 4.69) is 26.0 Å². The first kappa shape index (κ1) is 15.4. The summed E-state index contributed by atoms with van der Waals surface area (Å²) in [6.45, 7) is 1.02. The number of rotatable bonds is 7. The number of hydrogen-bond donors (Lipinski definition) is 2. The first-order chi connectivity index (χ1) is 8.48. The van der Waals surface area contributed by atoms with Crippen molar-refractivity contribution in [3.63, 3.8) is 0 Å². The van der Waals surface area contributed by atoms with Gasteiger partial charge in [-0.2, -0.15) is 0 Å². The van der Waals surface area contributed by atoms with E-state index in [0.29, 0.717) is 13.1 Å². The van der Waals surface area contributed by atoms with Crippen LogP contribution in [0.2, 0.25) is 0 Å². The standard InChI is InChI=1S/C11H17BrN2O3S/c1-13-18(15,16)6-5-14-8-9-3-4-11(17-2)10(12)7-9/h3-4,7,13-14H,5-6,8H2,1-2H3. The minimum absolute atomic E-state index is 0.0703. The molecule has 0 radical (unpaired) electrons. The SMILES string of the molecule is CNS(=O)(=O)CCNCc1ccc(OC)c(Br)c1. The van der Waals surface area contributed by atoms with E-state index in [4.69, 9.17) is 4.74 Å². The Morgan fingerprint density at radius 2 is 2.11 bits per heavy atom. The van der Waals surface area contributed by atoms with Gasteiger partial charge in [0.05, 0.1) is 17.3 Å². The fourth-order valence-corrected chi connectivity index (χ4v) is 2.57. The van der Waals surface area contributed by atoms with E-state index in [1.165, 1.54) is 7.05 Å². The first-order valence-corrected chi connectivity index (χ1v) is 7.87. The van der Waals surface area contributed by atoms with E-state index >= 15 is 0 Å². The maximum atomic E-state index is 11.2. The second-order valence-electron chi connectivity index (χ2n) is 3.67. The van der Waals surface area contributed by atoms with Crippen LogP contribution in [0.1, 0.15) is 5.56 Å². The summed E-state index contributed by atoms with van der Waals surface area (Å²) in [5.74, 6) is 0.845. The summed E-state index contributed by atoms with van der Waals surface area (Å²) in [5.41, 5.74) is 1.06. The third kappa shape index (κ3) is 4.93. The summed E-state index contributed by atoms with van der Waals surface area (Å²) in [7, 11) is -0.110. The van der Waals surface area contributed by atoms with Crippen LogP contribution in [0.25, 0.3) is 0 Å². The van der Waals surface area contributed by atoms with Crippen LogP contribution in [0.15, 0.2) is 22.7 Å². The normalized spacial score (nSPS) is 11.5. The predicted octanol–water partition coefficient (Wildman–Crippen LogP) is 1.10. The van der Waals surface area contributed by atoms with Gasteiger partial charge in [-0.15, -0.1) is 0 Å². The summed E-state index contributed by atoms with van der Waals surface area (Å²) in [5, 5.41) is 3.08. The molecule has 5 nitrogen and oxygen atoms in total. The molecular weight excluding hydrogens is 320 g/mol. The number of halogens is 1. The van der Waals surface area contributed by atoms with Gasteiger partial charge >= 0.3 is 0 Å². The van der Waals surface area contributed by atoms with Crippen LogP contribution in [0.4, 0.5) is 0 Å². The first-order valence-electron chi connectivity index (χ1n) is 5.43. The predicted molar refractivity (Wildman–Crippen MR) is 75.2 cm³/mol. The summed E-state index contributed by atoms with van der Waals surface area (Å²) >= 11 is 3.40. The maximum absolute atomic E-state index is 11.2. The summed E-state index contributed by atoms with van der Waals surface area (Å²) < 4.78 is 30.6. The van der Waals surface area contributed by atoms with E-state index in [1.54, 1.807) is 7.11 Å². The lowest BCUT2D eigenvalue weighted by molar-refractivity contribution is 0.412. The molecule has 7 heteroatoms. The van der Waals surface area contributed by atoms with Crippen LogP contribution in [0.5, 0.6) is 5.75 Å². The Bertz CT molecular complexity index is 491. The second kappa shape index (κ2) is 7.08. The highest BCUT2D eigenvalue weighted by atomic mass is 79.9. The topological polar surface area (TPSA) is 67.4 Å². The number of methoxy groups -OCH3 is 1. The minimum Gasteiger partial charge on any atom is -0.496 e. The summed E-state index contributed by atoms with van der Waals surface area (Å²) in [6, 6.07) is 5.74. The second-order valence-corrected chi connectivity index (χ2v) is 6.57. The smallest absolute Gasteiger partial charge is 0.212 e. The van der Waals surface area contributed by atoms with Gasteiger partial charge in [-0.1, -0.05) is 6.07 Å². The zero-order valence-electron chi connectivity index (χ0n) is 10.4. The van der Waals surface area contributed by atoms with Gasteiger partial charge in [-0.05, 0) is 40.7 Å². The zero-order valence-corrected chi connectivity index (χ0v) is 12.8. The molecule has 0 unspecified atom stereocenters.